The van der Waals surface area contributed by atoms with E-state index < -0.39 is 10.0 Å². The number of allylic oxidation sites excluding steroid dienone is 2. The Hall–Kier alpha value is -1.01. The lowest BCUT2D eigenvalue weighted by atomic mass is 9.96. The molecule has 0 spiro atoms. The van der Waals surface area contributed by atoms with E-state index in [0.29, 0.717) is 11.5 Å². The first-order valence-electron chi connectivity index (χ1n) is 9.08. The second-order valence-electron chi connectivity index (χ2n) is 6.79. The van der Waals surface area contributed by atoms with Crippen LogP contribution < -0.4 is 4.72 Å². The summed E-state index contributed by atoms with van der Waals surface area (Å²) in [5, 5.41) is 0. The third-order valence-electron chi connectivity index (χ3n) is 4.79. The van der Waals surface area contributed by atoms with Crippen LogP contribution in [0.5, 0.6) is 0 Å². The highest BCUT2D eigenvalue weighted by atomic mass is 32.2. The Morgan fingerprint density at radius 2 is 1.71 bits per heavy atom. The Morgan fingerprint density at radius 1 is 1.08 bits per heavy atom. The largest absolute Gasteiger partial charge is 0.498 e. The zero-order valence-corrected chi connectivity index (χ0v) is 15.7. The van der Waals surface area contributed by atoms with Crippen LogP contribution in [0.2, 0.25) is 0 Å². The standard InChI is InChI=1S/C18H31NO4S/c1-15(22-2)18(23-17-11-6-7-12-17)13-8-14-24(20,21)19-16-9-4-3-5-10-16/h8,13,16-17,19H,3-7,9-12,14H2,1-2H3/b13-8-,18-15-. The summed E-state index contributed by atoms with van der Waals surface area (Å²) in [6.07, 6.45) is 13.4. The highest BCUT2D eigenvalue weighted by molar-refractivity contribution is 7.89. The normalized spacial score (nSPS) is 21.9. The van der Waals surface area contributed by atoms with Gasteiger partial charge in [-0.15, -0.1) is 0 Å². The Balaban J connectivity index is 1.90. The Labute approximate surface area is 146 Å². The number of hydrogen-bond acceptors (Lipinski definition) is 4. The summed E-state index contributed by atoms with van der Waals surface area (Å²) in [4.78, 5) is 0. The topological polar surface area (TPSA) is 64.6 Å². The van der Waals surface area contributed by atoms with Crippen molar-refractivity contribution in [1.29, 1.82) is 0 Å². The minimum Gasteiger partial charge on any atom is -0.498 e. The van der Waals surface area contributed by atoms with Crippen LogP contribution in [0.1, 0.15) is 64.7 Å². The maximum absolute atomic E-state index is 12.2. The summed E-state index contributed by atoms with van der Waals surface area (Å²) >= 11 is 0. The molecular weight excluding hydrogens is 326 g/mol. The SMILES string of the molecule is CO/C(C)=C(/C=C\CS(=O)(=O)NC1CCCCC1)OC1CCCC1. The zero-order valence-electron chi connectivity index (χ0n) is 14.9. The van der Waals surface area contributed by atoms with Crippen LogP contribution >= 0.6 is 0 Å². The van der Waals surface area contributed by atoms with Crippen molar-refractivity contribution in [1.82, 2.24) is 4.72 Å². The number of ether oxygens (including phenoxy) is 2. The van der Waals surface area contributed by atoms with Crippen molar-refractivity contribution in [2.75, 3.05) is 12.9 Å². The molecule has 0 aromatic rings. The van der Waals surface area contributed by atoms with Gasteiger partial charge in [0.05, 0.1) is 19.0 Å². The lowest BCUT2D eigenvalue weighted by molar-refractivity contribution is 0.114. The molecule has 2 aliphatic rings. The van der Waals surface area contributed by atoms with Crippen molar-refractivity contribution in [3.8, 4) is 0 Å². The highest BCUT2D eigenvalue weighted by Gasteiger charge is 2.20. The summed E-state index contributed by atoms with van der Waals surface area (Å²) in [7, 11) is -1.69. The van der Waals surface area contributed by atoms with Gasteiger partial charge in [0.15, 0.2) is 5.76 Å². The van der Waals surface area contributed by atoms with Crippen molar-refractivity contribution < 1.29 is 17.9 Å². The van der Waals surface area contributed by atoms with Crippen molar-refractivity contribution in [2.45, 2.75) is 76.9 Å². The molecule has 0 atom stereocenters. The summed E-state index contributed by atoms with van der Waals surface area (Å²) < 4.78 is 38.5. The third-order valence-corrected chi connectivity index (χ3v) is 6.11. The molecule has 0 aromatic heterocycles. The van der Waals surface area contributed by atoms with Crippen molar-refractivity contribution in [3.05, 3.63) is 23.7 Å². The van der Waals surface area contributed by atoms with E-state index in [-0.39, 0.29) is 17.9 Å². The van der Waals surface area contributed by atoms with Crippen LogP contribution in [0.25, 0.3) is 0 Å². The summed E-state index contributed by atoms with van der Waals surface area (Å²) in [6.45, 7) is 1.84. The monoisotopic (exact) mass is 357 g/mol. The molecule has 0 saturated heterocycles. The second kappa shape index (κ2) is 9.47. The van der Waals surface area contributed by atoms with Crippen LogP contribution in [0.15, 0.2) is 23.7 Å². The number of rotatable bonds is 8. The van der Waals surface area contributed by atoms with E-state index in [9.17, 15) is 8.42 Å². The molecule has 24 heavy (non-hydrogen) atoms. The minimum atomic E-state index is -3.29. The molecule has 138 valence electrons. The Bertz CT molecular complexity index is 541. The highest BCUT2D eigenvalue weighted by Crippen LogP contribution is 2.25. The molecule has 2 saturated carbocycles. The number of nitrogens with one attached hydrogen (secondary N) is 1. The first-order valence-corrected chi connectivity index (χ1v) is 10.7. The predicted octanol–water partition coefficient (Wildman–Crippen LogP) is 3.63. The fraction of sp³-hybridized carbons (Fsp3) is 0.778. The zero-order chi connectivity index (χ0) is 17.4. The summed E-state index contributed by atoms with van der Waals surface area (Å²) in [6, 6.07) is 0.0996. The average Bonchev–Trinajstić information content (AvgIpc) is 3.06. The molecule has 2 fully saturated rings. The van der Waals surface area contributed by atoms with E-state index in [2.05, 4.69) is 4.72 Å². The number of hydrogen-bond donors (Lipinski definition) is 1. The first-order chi connectivity index (χ1) is 11.5. The fourth-order valence-electron chi connectivity index (χ4n) is 3.33. The van der Waals surface area contributed by atoms with E-state index in [4.69, 9.17) is 9.47 Å². The van der Waals surface area contributed by atoms with Gasteiger partial charge in [-0.1, -0.05) is 25.3 Å². The third kappa shape index (κ3) is 6.48. The van der Waals surface area contributed by atoms with Gasteiger partial charge in [0.2, 0.25) is 10.0 Å². The van der Waals surface area contributed by atoms with Crippen molar-refractivity contribution >= 4 is 10.0 Å². The molecule has 0 aromatic carbocycles. The van der Waals surface area contributed by atoms with E-state index >= 15 is 0 Å². The lowest BCUT2D eigenvalue weighted by Gasteiger charge is -2.22. The van der Waals surface area contributed by atoms with E-state index in [1.165, 1.54) is 19.3 Å². The summed E-state index contributed by atoms with van der Waals surface area (Å²) in [5.74, 6) is 1.28. The number of methoxy groups -OCH3 is 1. The lowest BCUT2D eigenvalue weighted by Crippen LogP contribution is -2.37. The smallest absolute Gasteiger partial charge is 0.215 e. The number of sulfonamides is 1. The van der Waals surface area contributed by atoms with Gasteiger partial charge in [-0.3, -0.25) is 0 Å². The van der Waals surface area contributed by atoms with E-state index in [0.717, 1.165) is 38.5 Å². The summed E-state index contributed by atoms with van der Waals surface area (Å²) in [5.41, 5.74) is 0. The maximum Gasteiger partial charge on any atom is 0.215 e. The molecule has 2 aliphatic carbocycles. The predicted molar refractivity (Wildman–Crippen MR) is 96.0 cm³/mol. The molecule has 0 radical (unpaired) electrons. The molecule has 5 nitrogen and oxygen atoms in total. The van der Waals surface area contributed by atoms with Gasteiger partial charge in [0.25, 0.3) is 0 Å². The second-order valence-corrected chi connectivity index (χ2v) is 8.58. The van der Waals surface area contributed by atoms with Gasteiger partial charge in [0, 0.05) is 6.04 Å². The maximum atomic E-state index is 12.2. The van der Waals surface area contributed by atoms with Crippen LogP contribution in [-0.4, -0.2) is 33.4 Å². The van der Waals surface area contributed by atoms with Crippen LogP contribution in [0.3, 0.4) is 0 Å². The quantitative estimate of drug-likeness (QED) is 0.532. The Kier molecular flexibility index (Phi) is 7.62. The Morgan fingerprint density at radius 3 is 2.33 bits per heavy atom. The van der Waals surface area contributed by atoms with Crippen molar-refractivity contribution in [2.24, 2.45) is 0 Å². The molecule has 0 bridgehead atoms. The van der Waals surface area contributed by atoms with Gasteiger partial charge in [-0.05, 0) is 51.5 Å². The van der Waals surface area contributed by atoms with E-state index in [1.54, 1.807) is 19.3 Å². The molecule has 2 rings (SSSR count). The minimum absolute atomic E-state index is 0.0297. The molecule has 1 N–H and O–H groups in total. The van der Waals surface area contributed by atoms with Gasteiger partial charge < -0.3 is 9.47 Å². The fourth-order valence-corrected chi connectivity index (χ4v) is 4.52. The molecule has 0 amide bonds. The molecular formula is C18H31NO4S. The first kappa shape index (κ1) is 19.3. The van der Waals surface area contributed by atoms with Crippen LogP contribution in [-0.2, 0) is 19.5 Å². The van der Waals surface area contributed by atoms with Crippen molar-refractivity contribution in [3.63, 3.8) is 0 Å². The average molecular weight is 358 g/mol. The van der Waals surface area contributed by atoms with E-state index in [1.807, 2.05) is 6.92 Å². The van der Waals surface area contributed by atoms with Crippen LogP contribution in [0, 0.1) is 0 Å². The molecule has 0 aliphatic heterocycles. The molecule has 6 heteroatoms. The van der Waals surface area contributed by atoms with Crippen LogP contribution in [0.4, 0.5) is 0 Å². The van der Waals surface area contributed by atoms with Gasteiger partial charge >= 0.3 is 0 Å². The molecule has 0 unspecified atom stereocenters. The molecule has 0 heterocycles. The van der Waals surface area contributed by atoms with Gasteiger partial charge in [-0.25, -0.2) is 13.1 Å². The van der Waals surface area contributed by atoms with Gasteiger partial charge in [-0.2, -0.15) is 0 Å². The van der Waals surface area contributed by atoms with Gasteiger partial charge in [0.1, 0.15) is 5.76 Å².